The standard InChI is InChI=1S/C15H20N2O6S/c1-10(2)9-13(15(19)16(3)24(4,22)23)14(18)11-5-7-12(8-6-11)17(20)21/h5-9,13-14,18H,1-4H3/t13-,14-/m1/s1. The first kappa shape index (κ1) is 19.8. The third kappa shape index (κ3) is 4.87. The first-order valence-corrected chi connectivity index (χ1v) is 8.85. The normalized spacial score (nSPS) is 13.7. The molecule has 2 atom stereocenters. The number of non-ortho nitro benzene ring substituents is 1. The lowest BCUT2D eigenvalue weighted by atomic mass is 9.93. The van der Waals surface area contributed by atoms with Crippen LogP contribution in [-0.4, -0.2) is 42.0 Å². The molecule has 24 heavy (non-hydrogen) atoms. The molecule has 0 spiro atoms. The summed E-state index contributed by atoms with van der Waals surface area (Å²) in [5.74, 6) is -1.92. The highest BCUT2D eigenvalue weighted by Crippen LogP contribution is 2.28. The van der Waals surface area contributed by atoms with Gasteiger partial charge in [-0.05, 0) is 31.5 Å². The predicted octanol–water partition coefficient (Wildman–Crippen LogP) is 1.63. The molecule has 0 fully saturated rings. The van der Waals surface area contributed by atoms with Crippen LogP contribution in [0.4, 0.5) is 5.69 Å². The van der Waals surface area contributed by atoms with Crippen LogP contribution in [0.2, 0.25) is 0 Å². The van der Waals surface area contributed by atoms with Gasteiger partial charge in [0.25, 0.3) is 5.69 Å². The minimum atomic E-state index is -3.76. The molecule has 1 N–H and O–H groups in total. The molecule has 8 nitrogen and oxygen atoms in total. The number of hydrogen-bond donors (Lipinski definition) is 1. The number of carbonyl (C=O) groups excluding carboxylic acids is 1. The molecule has 1 aromatic rings. The fourth-order valence-electron chi connectivity index (χ4n) is 2.03. The van der Waals surface area contributed by atoms with E-state index >= 15 is 0 Å². The van der Waals surface area contributed by atoms with E-state index in [9.17, 15) is 28.4 Å². The van der Waals surface area contributed by atoms with Crippen LogP contribution in [0.15, 0.2) is 35.9 Å². The minimum absolute atomic E-state index is 0.149. The Bertz CT molecular complexity index is 751. The van der Waals surface area contributed by atoms with Gasteiger partial charge in [-0.25, -0.2) is 12.7 Å². The van der Waals surface area contributed by atoms with E-state index in [4.69, 9.17) is 0 Å². The maximum absolute atomic E-state index is 12.4. The Morgan fingerprint density at radius 2 is 1.79 bits per heavy atom. The van der Waals surface area contributed by atoms with Crippen molar-refractivity contribution in [2.75, 3.05) is 13.3 Å². The number of nitro benzene ring substituents is 1. The van der Waals surface area contributed by atoms with Crippen LogP contribution in [-0.2, 0) is 14.8 Å². The van der Waals surface area contributed by atoms with Crippen molar-refractivity contribution in [2.45, 2.75) is 20.0 Å². The molecule has 0 aliphatic rings. The first-order chi connectivity index (χ1) is 10.9. The van der Waals surface area contributed by atoms with Crippen LogP contribution in [0.5, 0.6) is 0 Å². The second kappa shape index (κ2) is 7.54. The highest BCUT2D eigenvalue weighted by atomic mass is 32.2. The molecule has 0 saturated carbocycles. The van der Waals surface area contributed by atoms with Gasteiger partial charge >= 0.3 is 0 Å². The topological polar surface area (TPSA) is 118 Å². The molecule has 0 heterocycles. The Hall–Kier alpha value is -2.26. The Morgan fingerprint density at radius 1 is 1.29 bits per heavy atom. The summed E-state index contributed by atoms with van der Waals surface area (Å²) in [4.78, 5) is 22.5. The fourth-order valence-corrected chi connectivity index (χ4v) is 2.48. The maximum atomic E-state index is 12.4. The van der Waals surface area contributed by atoms with Crippen LogP contribution in [0, 0.1) is 16.0 Å². The zero-order valence-electron chi connectivity index (χ0n) is 13.8. The van der Waals surface area contributed by atoms with E-state index in [1.807, 2.05) is 0 Å². The van der Waals surface area contributed by atoms with Crippen LogP contribution >= 0.6 is 0 Å². The van der Waals surface area contributed by atoms with Gasteiger partial charge in [0.2, 0.25) is 15.9 Å². The number of rotatable bonds is 6. The van der Waals surface area contributed by atoms with Crippen molar-refractivity contribution in [3.63, 3.8) is 0 Å². The lowest BCUT2D eigenvalue weighted by Crippen LogP contribution is -2.38. The molecule has 0 aliphatic carbocycles. The van der Waals surface area contributed by atoms with Gasteiger partial charge in [0.15, 0.2) is 0 Å². The van der Waals surface area contributed by atoms with E-state index < -0.39 is 32.9 Å². The Morgan fingerprint density at radius 3 is 2.17 bits per heavy atom. The SMILES string of the molecule is CC(C)=C[C@@H](C(=O)N(C)S(C)(=O)=O)[C@H](O)c1ccc([N+](=O)[O-])cc1. The zero-order valence-corrected chi connectivity index (χ0v) is 14.6. The third-order valence-electron chi connectivity index (χ3n) is 3.39. The third-order valence-corrected chi connectivity index (χ3v) is 4.57. The lowest BCUT2D eigenvalue weighted by Gasteiger charge is -2.24. The summed E-state index contributed by atoms with van der Waals surface area (Å²) < 4.78 is 23.7. The smallest absolute Gasteiger partial charge is 0.269 e. The molecular weight excluding hydrogens is 336 g/mol. The lowest BCUT2D eigenvalue weighted by molar-refractivity contribution is -0.384. The largest absolute Gasteiger partial charge is 0.387 e. The number of sulfonamides is 1. The highest BCUT2D eigenvalue weighted by molar-refractivity contribution is 7.88. The Balaban J connectivity index is 3.23. The molecule has 0 aromatic heterocycles. The quantitative estimate of drug-likeness (QED) is 0.470. The van der Waals surface area contributed by atoms with Gasteiger partial charge in [0, 0.05) is 19.2 Å². The average molecular weight is 356 g/mol. The predicted molar refractivity (Wildman–Crippen MR) is 88.6 cm³/mol. The van der Waals surface area contributed by atoms with Gasteiger partial charge in [-0.1, -0.05) is 11.6 Å². The minimum Gasteiger partial charge on any atom is -0.387 e. The molecule has 0 radical (unpaired) electrons. The monoisotopic (exact) mass is 356 g/mol. The van der Waals surface area contributed by atoms with Crippen molar-refractivity contribution < 1.29 is 23.2 Å². The van der Waals surface area contributed by atoms with E-state index in [2.05, 4.69) is 0 Å². The summed E-state index contributed by atoms with van der Waals surface area (Å²) in [6, 6.07) is 5.09. The fraction of sp³-hybridized carbons (Fsp3) is 0.400. The molecule has 1 amide bonds. The Labute approximate surface area is 140 Å². The second-order valence-electron chi connectivity index (χ2n) is 5.63. The number of nitrogens with zero attached hydrogens (tertiary/aromatic N) is 2. The zero-order chi connectivity index (χ0) is 18.7. The van der Waals surface area contributed by atoms with Crippen molar-refractivity contribution in [2.24, 2.45) is 5.92 Å². The number of allylic oxidation sites excluding steroid dienone is 1. The maximum Gasteiger partial charge on any atom is 0.269 e. The molecule has 0 aliphatic heterocycles. The summed E-state index contributed by atoms with van der Waals surface area (Å²) in [6.07, 6.45) is 1.02. The molecule has 0 bridgehead atoms. The summed E-state index contributed by atoms with van der Waals surface area (Å²) >= 11 is 0. The van der Waals surface area contributed by atoms with Crippen LogP contribution in [0.1, 0.15) is 25.5 Å². The summed E-state index contributed by atoms with van der Waals surface area (Å²) in [7, 11) is -2.65. The van der Waals surface area contributed by atoms with Gasteiger partial charge in [-0.15, -0.1) is 0 Å². The van der Waals surface area contributed by atoms with Crippen molar-refractivity contribution in [3.8, 4) is 0 Å². The average Bonchev–Trinajstić information content (AvgIpc) is 2.49. The molecule has 9 heteroatoms. The van der Waals surface area contributed by atoms with Crippen molar-refractivity contribution in [1.29, 1.82) is 0 Å². The highest BCUT2D eigenvalue weighted by Gasteiger charge is 2.32. The van der Waals surface area contributed by atoms with Gasteiger partial charge in [0.05, 0.1) is 23.2 Å². The number of nitro groups is 1. The molecule has 1 aromatic carbocycles. The summed E-state index contributed by atoms with van der Waals surface area (Å²) in [6.45, 7) is 3.42. The number of hydrogen-bond acceptors (Lipinski definition) is 6. The number of amides is 1. The van der Waals surface area contributed by atoms with Crippen LogP contribution < -0.4 is 0 Å². The Kier molecular flexibility index (Phi) is 6.22. The number of aliphatic hydroxyl groups is 1. The van der Waals surface area contributed by atoms with Gasteiger partial charge in [0.1, 0.15) is 0 Å². The van der Waals surface area contributed by atoms with Gasteiger partial charge < -0.3 is 5.11 Å². The molecule has 132 valence electrons. The molecule has 0 saturated heterocycles. The summed E-state index contributed by atoms with van der Waals surface area (Å²) in [5, 5.41) is 21.2. The number of carbonyl (C=O) groups is 1. The van der Waals surface area contributed by atoms with Crippen LogP contribution in [0.3, 0.4) is 0 Å². The van der Waals surface area contributed by atoms with Crippen molar-refractivity contribution >= 4 is 21.6 Å². The van der Waals surface area contributed by atoms with Crippen molar-refractivity contribution in [1.82, 2.24) is 4.31 Å². The van der Waals surface area contributed by atoms with Crippen molar-refractivity contribution in [3.05, 3.63) is 51.6 Å². The van der Waals surface area contributed by atoms with Gasteiger partial charge in [-0.3, -0.25) is 14.9 Å². The molecule has 0 unspecified atom stereocenters. The second-order valence-corrected chi connectivity index (χ2v) is 7.65. The van der Waals surface area contributed by atoms with E-state index in [1.165, 1.54) is 30.3 Å². The number of aliphatic hydroxyl groups excluding tert-OH is 1. The summed E-state index contributed by atoms with van der Waals surface area (Å²) in [5.41, 5.74) is 0.846. The van der Waals surface area contributed by atoms with E-state index in [0.29, 0.717) is 4.31 Å². The van der Waals surface area contributed by atoms with E-state index in [0.717, 1.165) is 18.9 Å². The number of benzene rings is 1. The van der Waals surface area contributed by atoms with Crippen LogP contribution in [0.25, 0.3) is 0 Å². The molecule has 1 rings (SSSR count). The van der Waals surface area contributed by atoms with E-state index in [-0.39, 0.29) is 11.3 Å². The molecular formula is C15H20N2O6S. The van der Waals surface area contributed by atoms with Gasteiger partial charge in [-0.2, -0.15) is 0 Å². The first-order valence-electron chi connectivity index (χ1n) is 7.00. The van der Waals surface area contributed by atoms with E-state index in [1.54, 1.807) is 13.8 Å².